The van der Waals surface area contributed by atoms with Crippen LogP contribution in [0, 0.1) is 0 Å². The Morgan fingerprint density at radius 2 is 0.974 bits per heavy atom. The fraction of sp³-hybridized carbons (Fsp3) is 0. The van der Waals surface area contributed by atoms with Crippen molar-refractivity contribution in [3.63, 3.8) is 0 Å². The van der Waals surface area contributed by atoms with E-state index >= 15 is 0 Å². The molecular formula is C33H18ClN3O2. The Kier molecular flexibility index (Phi) is 3.11. The molecule has 0 fully saturated rings. The summed E-state index contributed by atoms with van der Waals surface area (Å²) >= 11 is 6.19. The molecule has 0 spiro atoms. The van der Waals surface area contributed by atoms with Gasteiger partial charge in [-0.05, 0) is 36.4 Å². The summed E-state index contributed by atoms with van der Waals surface area (Å²) in [6.45, 7) is 0. The predicted octanol–water partition coefficient (Wildman–Crippen LogP) is 9.32. The summed E-state index contributed by atoms with van der Waals surface area (Å²) < 4.78 is 95.3. The van der Waals surface area contributed by atoms with Crippen LogP contribution in [0.2, 0.25) is 5.02 Å². The molecule has 3 aromatic heterocycles. The Balaban J connectivity index is 1.39. The molecule has 0 aliphatic rings. The van der Waals surface area contributed by atoms with Crippen molar-refractivity contribution >= 4 is 55.5 Å². The van der Waals surface area contributed by atoms with E-state index in [9.17, 15) is 0 Å². The minimum atomic E-state index is -0.620. The molecule has 0 amide bonds. The largest absolute Gasteiger partial charge is 0.452 e. The van der Waals surface area contributed by atoms with Gasteiger partial charge in [-0.3, -0.25) is 0 Å². The number of hydrogen-bond acceptors (Lipinski definition) is 5. The van der Waals surface area contributed by atoms with Crippen LogP contribution in [0.15, 0.2) is 118 Å². The highest BCUT2D eigenvalue weighted by Crippen LogP contribution is 2.40. The van der Waals surface area contributed by atoms with Crippen LogP contribution in [-0.2, 0) is 0 Å². The van der Waals surface area contributed by atoms with Gasteiger partial charge in [0, 0.05) is 49.3 Å². The molecule has 8 rings (SSSR count). The van der Waals surface area contributed by atoms with Gasteiger partial charge in [-0.1, -0.05) is 78.1 Å². The van der Waals surface area contributed by atoms with E-state index in [0.29, 0.717) is 32.9 Å². The molecule has 0 aliphatic heterocycles. The summed E-state index contributed by atoms with van der Waals surface area (Å²) in [7, 11) is 0. The summed E-state index contributed by atoms with van der Waals surface area (Å²) in [6, 6.07) is 8.29. The van der Waals surface area contributed by atoms with Gasteiger partial charge in [-0.2, -0.15) is 0 Å². The number of rotatable bonds is 3. The lowest BCUT2D eigenvalue weighted by Crippen LogP contribution is -2.00. The quantitative estimate of drug-likeness (QED) is 0.226. The summed E-state index contributed by atoms with van der Waals surface area (Å²) in [4.78, 5) is 13.3. The van der Waals surface area contributed by atoms with Crippen LogP contribution in [-0.4, -0.2) is 15.0 Å². The third kappa shape index (κ3) is 3.59. The van der Waals surface area contributed by atoms with Crippen molar-refractivity contribution in [1.82, 2.24) is 15.0 Å². The fourth-order valence-electron chi connectivity index (χ4n) is 4.63. The number of hydrogen-bond donors (Lipinski definition) is 0. The van der Waals surface area contributed by atoms with Crippen molar-refractivity contribution in [3.05, 3.63) is 114 Å². The van der Waals surface area contributed by atoms with E-state index < -0.39 is 60.4 Å². The minimum absolute atomic E-state index is 0.0653. The van der Waals surface area contributed by atoms with Crippen LogP contribution < -0.4 is 0 Å². The van der Waals surface area contributed by atoms with Crippen LogP contribution in [0.4, 0.5) is 0 Å². The molecule has 0 bridgehead atoms. The average Bonchev–Trinajstić information content (AvgIpc) is 3.65. The standard InChI is InChI=1S/C33H18ClN3O2/c34-22-12-14-24-26-16-15-25-23-13-11-21(17-27(23)38-29(25)30(26)39-28(24)18-22)33-36-31(19-7-3-1-4-8-19)35-32(37-33)20-9-5-2-6-10-20/h1-18H/i1D,2D,3D,4D,5D,6D,7D,8D,9D,10D. The Hall–Kier alpha value is -5.00. The SMILES string of the molecule is [2H]c1c([2H])c([2H])c(-c2nc(-c3ccc4c(c3)oc3c4ccc4c5ccc(Cl)cc5oc43)nc(-c3c([2H])c([2H])c([2H])c([2H])c3[2H])n2)c([2H])c1[2H]. The Morgan fingerprint density at radius 1 is 0.513 bits per heavy atom. The zero-order valence-corrected chi connectivity index (χ0v) is 20.4. The Labute approximate surface area is 241 Å². The monoisotopic (exact) mass is 533 g/mol. The molecule has 0 N–H and O–H groups in total. The van der Waals surface area contributed by atoms with Gasteiger partial charge >= 0.3 is 0 Å². The van der Waals surface area contributed by atoms with Crippen LogP contribution in [0.5, 0.6) is 0 Å². The smallest absolute Gasteiger partial charge is 0.178 e. The Morgan fingerprint density at radius 3 is 1.54 bits per heavy atom. The highest BCUT2D eigenvalue weighted by atomic mass is 35.5. The third-order valence-electron chi connectivity index (χ3n) is 6.38. The highest BCUT2D eigenvalue weighted by molar-refractivity contribution is 6.31. The van der Waals surface area contributed by atoms with Gasteiger partial charge < -0.3 is 8.83 Å². The maximum Gasteiger partial charge on any atom is 0.178 e. The maximum absolute atomic E-state index is 8.53. The van der Waals surface area contributed by atoms with Crippen LogP contribution in [0.25, 0.3) is 78.0 Å². The molecule has 5 nitrogen and oxygen atoms in total. The maximum atomic E-state index is 8.53. The van der Waals surface area contributed by atoms with Gasteiger partial charge in [0.05, 0.1) is 13.7 Å². The van der Waals surface area contributed by atoms with Gasteiger partial charge in [-0.25, -0.2) is 15.0 Å². The second kappa shape index (κ2) is 8.51. The first-order valence-electron chi connectivity index (χ1n) is 16.7. The summed E-state index contributed by atoms with van der Waals surface area (Å²) in [5, 5.41) is 3.75. The molecule has 3 heterocycles. The van der Waals surface area contributed by atoms with Gasteiger partial charge in [0.25, 0.3) is 0 Å². The van der Waals surface area contributed by atoms with E-state index in [4.69, 9.17) is 34.1 Å². The summed E-state index contributed by atoms with van der Waals surface area (Å²) in [5.74, 6) is -0.767. The second-order valence-corrected chi connectivity index (χ2v) is 9.12. The number of fused-ring (bicyclic) bond motifs is 7. The first-order valence-corrected chi connectivity index (χ1v) is 12.1. The molecule has 6 heteroatoms. The zero-order chi connectivity index (χ0) is 34.6. The first kappa shape index (κ1) is 14.2. The van der Waals surface area contributed by atoms with Gasteiger partial charge in [0.1, 0.15) is 11.2 Å². The van der Waals surface area contributed by atoms with Crippen LogP contribution in [0.1, 0.15) is 13.7 Å². The Bertz CT molecular complexity index is 2620. The summed E-state index contributed by atoms with van der Waals surface area (Å²) in [6.07, 6.45) is 0. The molecule has 0 saturated heterocycles. The van der Waals surface area contributed by atoms with E-state index in [0.717, 1.165) is 21.5 Å². The molecule has 8 aromatic rings. The van der Waals surface area contributed by atoms with Gasteiger partial charge in [-0.15, -0.1) is 0 Å². The van der Waals surface area contributed by atoms with Crippen molar-refractivity contribution in [3.8, 4) is 34.2 Å². The number of aromatic nitrogens is 3. The molecule has 0 radical (unpaired) electrons. The lowest BCUT2D eigenvalue weighted by atomic mass is 10.1. The fourth-order valence-corrected chi connectivity index (χ4v) is 4.80. The van der Waals surface area contributed by atoms with Crippen LogP contribution in [0.3, 0.4) is 0 Å². The lowest BCUT2D eigenvalue weighted by Gasteiger charge is -2.08. The molecule has 0 saturated carbocycles. The predicted molar refractivity (Wildman–Crippen MR) is 156 cm³/mol. The van der Waals surface area contributed by atoms with Crippen molar-refractivity contribution in [2.45, 2.75) is 0 Å². The highest BCUT2D eigenvalue weighted by Gasteiger charge is 2.18. The van der Waals surface area contributed by atoms with Crippen molar-refractivity contribution in [1.29, 1.82) is 0 Å². The van der Waals surface area contributed by atoms with E-state index in [1.807, 2.05) is 18.2 Å². The number of furan rings is 2. The van der Waals surface area contributed by atoms with Crippen molar-refractivity contribution < 1.29 is 22.5 Å². The molecule has 0 atom stereocenters. The zero-order valence-electron chi connectivity index (χ0n) is 29.7. The molecule has 0 unspecified atom stereocenters. The molecular weight excluding hydrogens is 506 g/mol. The number of benzene rings is 5. The second-order valence-electron chi connectivity index (χ2n) is 8.68. The van der Waals surface area contributed by atoms with Crippen molar-refractivity contribution in [2.75, 3.05) is 0 Å². The molecule has 184 valence electrons. The van der Waals surface area contributed by atoms with Crippen molar-refractivity contribution in [2.24, 2.45) is 0 Å². The molecule has 0 aliphatic carbocycles. The van der Waals surface area contributed by atoms with E-state index in [2.05, 4.69) is 15.0 Å². The van der Waals surface area contributed by atoms with Gasteiger partial charge in [0.2, 0.25) is 0 Å². The third-order valence-corrected chi connectivity index (χ3v) is 6.62. The first-order chi connectivity index (χ1) is 23.3. The summed E-state index contributed by atoms with van der Waals surface area (Å²) in [5.41, 5.74) is 1.70. The van der Waals surface area contributed by atoms with E-state index in [1.165, 1.54) is 0 Å². The van der Waals surface area contributed by atoms with Crippen LogP contribution >= 0.6 is 11.6 Å². The number of halogens is 1. The molecule has 39 heavy (non-hydrogen) atoms. The lowest BCUT2D eigenvalue weighted by molar-refractivity contribution is 0.633. The normalized spacial score (nSPS) is 15.3. The number of nitrogens with zero attached hydrogens (tertiary/aromatic N) is 3. The average molecular weight is 534 g/mol. The van der Waals surface area contributed by atoms with E-state index in [-0.39, 0.29) is 28.6 Å². The molecule has 5 aromatic carbocycles. The minimum Gasteiger partial charge on any atom is -0.452 e. The topological polar surface area (TPSA) is 65.0 Å². The van der Waals surface area contributed by atoms with Gasteiger partial charge in [0.15, 0.2) is 28.6 Å². The van der Waals surface area contributed by atoms with E-state index in [1.54, 1.807) is 30.3 Å².